The molecule has 0 unspecified atom stereocenters. The van der Waals surface area contributed by atoms with E-state index in [4.69, 9.17) is 0 Å². The Labute approximate surface area is 224 Å². The van der Waals surface area contributed by atoms with Gasteiger partial charge in [-0.05, 0) is 23.9 Å². The second-order valence-electron chi connectivity index (χ2n) is 7.57. The van der Waals surface area contributed by atoms with E-state index in [-0.39, 0.29) is 5.56 Å². The first kappa shape index (κ1) is 27.3. The summed E-state index contributed by atoms with van der Waals surface area (Å²) in [5, 5.41) is 0. The van der Waals surface area contributed by atoms with E-state index in [1.165, 1.54) is 29.0 Å². The maximum absolute atomic E-state index is 13.2. The van der Waals surface area contributed by atoms with Crippen molar-refractivity contribution in [3.05, 3.63) is 126 Å². The molecule has 0 aliphatic carbocycles. The summed E-state index contributed by atoms with van der Waals surface area (Å²) in [6.07, 6.45) is 5.16. The molecule has 0 aliphatic rings. The summed E-state index contributed by atoms with van der Waals surface area (Å²) in [4.78, 5) is 12.8. The van der Waals surface area contributed by atoms with Crippen LogP contribution in [0.5, 0.6) is 0 Å². The third kappa shape index (κ3) is 7.11. The number of aryl methyl sites for hydroxylation is 2. The Morgan fingerprint density at radius 1 is 0.667 bits per heavy atom. The number of nitrogens with zero attached hydrogens (tertiary/aromatic N) is 3. The van der Waals surface area contributed by atoms with Crippen molar-refractivity contribution in [2.75, 3.05) is 0 Å². The molecule has 3 heterocycles. The molecule has 3 nitrogen and oxygen atoms in total. The van der Waals surface area contributed by atoms with Crippen molar-refractivity contribution in [2.45, 2.75) is 13.8 Å². The molecule has 36 heavy (non-hydrogen) atoms. The van der Waals surface area contributed by atoms with Crippen molar-refractivity contribution in [2.24, 2.45) is 0 Å². The normalized spacial score (nSPS) is 9.94. The first-order chi connectivity index (χ1) is 17.5. The summed E-state index contributed by atoms with van der Waals surface area (Å²) in [6, 6.07) is 27.0. The number of rotatable bonds is 3. The van der Waals surface area contributed by atoms with Crippen molar-refractivity contribution in [1.29, 1.82) is 0 Å². The SMILES string of the molecule is Cc1cc(C)c(-c2ccccn2)[c-]c1-c1ccccn1.Fc1c[c-]c(-c2ccccn2)c(F)c1.[Cl][Ir+2]. The van der Waals surface area contributed by atoms with E-state index in [9.17, 15) is 8.78 Å². The second-order valence-corrected chi connectivity index (χ2v) is 7.57. The Morgan fingerprint density at radius 3 is 1.50 bits per heavy atom. The number of hydrogen-bond acceptors (Lipinski definition) is 3. The Kier molecular flexibility index (Phi) is 10.4. The van der Waals surface area contributed by atoms with Gasteiger partial charge in [0, 0.05) is 41.6 Å². The van der Waals surface area contributed by atoms with Crippen molar-refractivity contribution in [3.8, 4) is 33.8 Å². The average Bonchev–Trinajstić information content (AvgIpc) is 2.92. The van der Waals surface area contributed by atoms with Gasteiger partial charge in [-0.2, -0.15) is 0 Å². The number of benzene rings is 2. The number of halogens is 3. The van der Waals surface area contributed by atoms with Crippen LogP contribution in [0.25, 0.3) is 33.8 Å². The van der Waals surface area contributed by atoms with Gasteiger partial charge in [-0.1, -0.05) is 73.0 Å². The van der Waals surface area contributed by atoms with Crippen LogP contribution in [-0.4, -0.2) is 15.0 Å². The summed E-state index contributed by atoms with van der Waals surface area (Å²) in [5.74, 6) is -1.29. The molecule has 182 valence electrons. The first-order valence-electron chi connectivity index (χ1n) is 10.8. The van der Waals surface area contributed by atoms with E-state index < -0.39 is 11.6 Å². The maximum atomic E-state index is 13.2. The molecule has 0 N–H and O–H groups in total. The zero-order valence-electron chi connectivity index (χ0n) is 19.5. The Bertz CT molecular complexity index is 1330. The van der Waals surface area contributed by atoms with Crippen LogP contribution in [0.15, 0.2) is 91.4 Å². The van der Waals surface area contributed by atoms with Crippen molar-refractivity contribution >= 4 is 9.58 Å². The van der Waals surface area contributed by atoms with E-state index >= 15 is 0 Å². The zero-order chi connectivity index (χ0) is 25.9. The second kappa shape index (κ2) is 13.7. The van der Waals surface area contributed by atoms with Gasteiger partial charge in [-0.15, -0.1) is 35.4 Å². The molecular weight excluding hydrogens is 656 g/mol. The summed E-state index contributed by atoms with van der Waals surface area (Å²) in [5.41, 5.74) is 6.97. The van der Waals surface area contributed by atoms with Crippen LogP contribution in [-0.2, 0) is 17.9 Å². The van der Waals surface area contributed by atoms with Crippen LogP contribution in [0.4, 0.5) is 8.78 Å². The van der Waals surface area contributed by atoms with Gasteiger partial charge in [-0.3, -0.25) is 18.7 Å². The van der Waals surface area contributed by atoms with E-state index in [0.29, 0.717) is 5.69 Å². The third-order valence-electron chi connectivity index (χ3n) is 5.09. The molecule has 2 aromatic carbocycles. The van der Waals surface area contributed by atoms with E-state index in [1.54, 1.807) is 24.4 Å². The third-order valence-corrected chi connectivity index (χ3v) is 5.09. The Balaban J connectivity index is 0.000000198. The Morgan fingerprint density at radius 2 is 1.11 bits per heavy atom. The van der Waals surface area contributed by atoms with Crippen molar-refractivity contribution in [1.82, 2.24) is 15.0 Å². The van der Waals surface area contributed by atoms with Crippen molar-refractivity contribution in [3.63, 3.8) is 0 Å². The summed E-state index contributed by atoms with van der Waals surface area (Å²) >= 11 is 1.47. The molecule has 3 aromatic heterocycles. The minimum absolute atomic E-state index is 0.187. The molecule has 5 aromatic rings. The van der Waals surface area contributed by atoms with E-state index in [1.807, 2.05) is 48.8 Å². The predicted octanol–water partition coefficient (Wildman–Crippen LogP) is 7.74. The molecule has 0 bridgehead atoms. The van der Waals surface area contributed by atoms with Crippen LogP contribution < -0.4 is 0 Å². The minimum atomic E-state index is -0.649. The molecule has 0 fully saturated rings. The molecule has 7 heteroatoms. The molecular formula is C29H21ClF2IrN3. The molecule has 0 atom stereocenters. The van der Waals surface area contributed by atoms with Gasteiger partial charge >= 0.3 is 27.5 Å². The summed E-state index contributed by atoms with van der Waals surface area (Å²) < 4.78 is 25.8. The van der Waals surface area contributed by atoms with Crippen LogP contribution in [0.1, 0.15) is 11.1 Å². The molecule has 0 radical (unpaired) electrons. The monoisotopic (exact) mass is 677 g/mol. The fourth-order valence-electron chi connectivity index (χ4n) is 3.50. The quantitative estimate of drug-likeness (QED) is 0.184. The molecule has 0 saturated carbocycles. The van der Waals surface area contributed by atoms with Crippen LogP contribution in [0.2, 0.25) is 0 Å². The van der Waals surface area contributed by atoms with Gasteiger partial charge < -0.3 is 4.98 Å². The zero-order valence-corrected chi connectivity index (χ0v) is 22.6. The van der Waals surface area contributed by atoms with Gasteiger partial charge in [0.2, 0.25) is 0 Å². The fraction of sp³-hybridized carbons (Fsp3) is 0.0690. The fourth-order valence-corrected chi connectivity index (χ4v) is 3.50. The standard InChI is InChI=1S/C18H15N2.C11H6F2N.ClH.Ir/c1-13-11-14(2)16(18-8-4-6-10-20-18)12-15(13)17-7-3-5-9-19-17;12-8-4-5-9(10(13)7-8)11-3-1-2-6-14-11;;/h3-11H,1-2H3;1-4,6-7H;1H;/q2*-1;;+3/p-1. The number of hydrogen-bond donors (Lipinski definition) is 0. The molecule has 0 spiro atoms. The summed E-state index contributed by atoms with van der Waals surface area (Å²) in [6.45, 7) is 4.19. The van der Waals surface area contributed by atoms with Crippen LogP contribution in [0.3, 0.4) is 0 Å². The first-order valence-corrected chi connectivity index (χ1v) is 13.8. The van der Waals surface area contributed by atoms with E-state index in [2.05, 4.69) is 56.6 Å². The molecule has 5 rings (SSSR count). The van der Waals surface area contributed by atoms with Gasteiger partial charge in [-0.25, -0.2) is 0 Å². The average molecular weight is 677 g/mol. The van der Waals surface area contributed by atoms with Gasteiger partial charge in [0.25, 0.3) is 0 Å². The van der Waals surface area contributed by atoms with Gasteiger partial charge in [0.05, 0.1) is 0 Å². The van der Waals surface area contributed by atoms with Gasteiger partial charge in [0.1, 0.15) is 0 Å². The predicted molar refractivity (Wildman–Crippen MR) is 135 cm³/mol. The van der Waals surface area contributed by atoms with E-state index in [0.717, 1.165) is 34.6 Å². The Hall–Kier alpha value is -3.31. The summed E-state index contributed by atoms with van der Waals surface area (Å²) in [7, 11) is 4.64. The van der Waals surface area contributed by atoms with Crippen LogP contribution in [0, 0.1) is 37.6 Å². The number of aromatic nitrogens is 3. The molecule has 0 saturated heterocycles. The molecule has 0 aliphatic heterocycles. The number of pyridine rings is 3. The van der Waals surface area contributed by atoms with Gasteiger partial charge in [0.15, 0.2) is 0 Å². The molecule has 0 amide bonds. The topological polar surface area (TPSA) is 38.7 Å². The van der Waals surface area contributed by atoms with Crippen LogP contribution >= 0.6 is 9.58 Å². The van der Waals surface area contributed by atoms with Crippen molar-refractivity contribution < 1.29 is 26.7 Å².